The zero-order valence-electron chi connectivity index (χ0n) is 18.4. The first-order chi connectivity index (χ1) is 15.9. The van der Waals surface area contributed by atoms with E-state index in [1.165, 1.54) is 12.1 Å². The summed E-state index contributed by atoms with van der Waals surface area (Å²) in [6, 6.07) is 24.5. The van der Waals surface area contributed by atoms with Gasteiger partial charge in [0.1, 0.15) is 5.82 Å². The van der Waals surface area contributed by atoms with Gasteiger partial charge in [-0.1, -0.05) is 48.5 Å². The van der Waals surface area contributed by atoms with Gasteiger partial charge in [-0.3, -0.25) is 9.59 Å². The first-order valence-electron chi connectivity index (χ1n) is 10.6. The van der Waals surface area contributed by atoms with Crippen LogP contribution in [0.1, 0.15) is 26.3 Å². The van der Waals surface area contributed by atoms with Gasteiger partial charge in [0, 0.05) is 37.6 Å². The number of carbonyl (C=O) groups is 2. The van der Waals surface area contributed by atoms with Crippen molar-refractivity contribution < 1.29 is 14.0 Å². The summed E-state index contributed by atoms with van der Waals surface area (Å²) in [6.07, 6.45) is 0. The third kappa shape index (κ3) is 5.01. The van der Waals surface area contributed by atoms with Gasteiger partial charge in [0.25, 0.3) is 11.8 Å². The lowest BCUT2D eigenvalue weighted by molar-refractivity contribution is 0.0950. The van der Waals surface area contributed by atoms with Crippen molar-refractivity contribution in [2.24, 2.45) is 0 Å². The number of nitrogens with zero attached hydrogens (tertiary/aromatic N) is 1. The lowest BCUT2D eigenvalue weighted by atomic mass is 10.0. The Hall–Kier alpha value is -4.19. The number of rotatable bonds is 6. The summed E-state index contributed by atoms with van der Waals surface area (Å²) in [5.74, 6) is -0.860. The minimum atomic E-state index is -0.324. The van der Waals surface area contributed by atoms with E-state index in [1.54, 1.807) is 36.4 Å². The fourth-order valence-electron chi connectivity index (χ4n) is 3.69. The second-order valence-electron chi connectivity index (χ2n) is 7.92. The Morgan fingerprint density at radius 2 is 1.55 bits per heavy atom. The molecule has 0 saturated heterocycles. The van der Waals surface area contributed by atoms with Crippen molar-refractivity contribution in [2.75, 3.05) is 24.3 Å². The zero-order valence-corrected chi connectivity index (χ0v) is 18.4. The Bertz CT molecular complexity index is 1310. The van der Waals surface area contributed by atoms with Gasteiger partial charge in [-0.2, -0.15) is 0 Å². The number of anilines is 2. The van der Waals surface area contributed by atoms with Gasteiger partial charge in [0.15, 0.2) is 0 Å². The van der Waals surface area contributed by atoms with Crippen molar-refractivity contribution in [1.82, 2.24) is 5.32 Å². The number of amides is 2. The summed E-state index contributed by atoms with van der Waals surface area (Å²) < 4.78 is 13.1. The molecule has 2 N–H and O–H groups in total. The van der Waals surface area contributed by atoms with E-state index in [1.807, 2.05) is 55.4 Å². The van der Waals surface area contributed by atoms with Gasteiger partial charge in [0.2, 0.25) is 0 Å². The van der Waals surface area contributed by atoms with Crippen molar-refractivity contribution in [2.45, 2.75) is 6.54 Å². The standard InChI is InChI=1S/C27H24FN3O2/c1-31(2)25-15-14-21(16-24(25)26(32)29-17-18-10-12-20(28)13-11-18)30-27(33)23-9-5-7-19-6-3-4-8-22(19)23/h3-16H,17H2,1-2H3,(H,29,32)(H,30,33). The summed E-state index contributed by atoms with van der Waals surface area (Å²) in [7, 11) is 3.70. The fourth-order valence-corrected chi connectivity index (χ4v) is 3.69. The van der Waals surface area contributed by atoms with Gasteiger partial charge < -0.3 is 15.5 Å². The molecule has 0 aliphatic heterocycles. The molecule has 0 radical (unpaired) electrons. The SMILES string of the molecule is CN(C)c1ccc(NC(=O)c2cccc3ccccc23)cc1C(=O)NCc1ccc(F)cc1. The molecule has 33 heavy (non-hydrogen) atoms. The van der Waals surface area contributed by atoms with E-state index in [2.05, 4.69) is 10.6 Å². The first-order valence-corrected chi connectivity index (χ1v) is 10.6. The predicted octanol–water partition coefficient (Wildman–Crippen LogP) is 5.23. The lowest BCUT2D eigenvalue weighted by Gasteiger charge is -2.19. The van der Waals surface area contributed by atoms with Crippen LogP contribution in [0.15, 0.2) is 84.9 Å². The maximum Gasteiger partial charge on any atom is 0.256 e. The van der Waals surface area contributed by atoms with Crippen LogP contribution in [0.3, 0.4) is 0 Å². The average molecular weight is 442 g/mol. The van der Waals surface area contributed by atoms with Gasteiger partial charge >= 0.3 is 0 Å². The third-order valence-electron chi connectivity index (χ3n) is 5.38. The van der Waals surface area contributed by atoms with E-state index < -0.39 is 0 Å². The number of carbonyl (C=O) groups excluding carboxylic acids is 2. The first kappa shape index (κ1) is 22.0. The highest BCUT2D eigenvalue weighted by atomic mass is 19.1. The summed E-state index contributed by atoms with van der Waals surface area (Å²) in [5, 5.41) is 7.62. The summed E-state index contributed by atoms with van der Waals surface area (Å²) in [6.45, 7) is 0.262. The average Bonchev–Trinajstić information content (AvgIpc) is 2.83. The molecule has 0 atom stereocenters. The van der Waals surface area contributed by atoms with Crippen LogP contribution in [0, 0.1) is 5.82 Å². The van der Waals surface area contributed by atoms with Crippen LogP contribution in [0.4, 0.5) is 15.8 Å². The normalized spacial score (nSPS) is 10.6. The minimum absolute atomic E-state index is 0.248. The molecule has 0 saturated carbocycles. The van der Waals surface area contributed by atoms with Gasteiger partial charge in [-0.15, -0.1) is 0 Å². The molecule has 4 aromatic rings. The van der Waals surface area contributed by atoms with Crippen molar-refractivity contribution in [3.63, 3.8) is 0 Å². The molecular formula is C27H24FN3O2. The van der Waals surface area contributed by atoms with Gasteiger partial charge in [0.05, 0.1) is 5.56 Å². The van der Waals surface area contributed by atoms with E-state index in [-0.39, 0.29) is 24.2 Å². The molecule has 6 heteroatoms. The van der Waals surface area contributed by atoms with E-state index in [4.69, 9.17) is 0 Å². The Morgan fingerprint density at radius 3 is 2.30 bits per heavy atom. The molecule has 0 bridgehead atoms. The molecule has 0 spiro atoms. The quantitative estimate of drug-likeness (QED) is 0.431. The molecule has 0 heterocycles. The van der Waals surface area contributed by atoms with Crippen LogP contribution in [-0.4, -0.2) is 25.9 Å². The fraction of sp³-hybridized carbons (Fsp3) is 0.111. The molecule has 4 rings (SSSR count). The number of hydrogen-bond acceptors (Lipinski definition) is 3. The molecule has 0 fully saturated rings. The molecule has 0 unspecified atom stereocenters. The summed E-state index contributed by atoms with van der Waals surface area (Å²) >= 11 is 0. The van der Waals surface area contributed by atoms with Crippen molar-refractivity contribution in [3.05, 3.63) is 107 Å². The number of nitrogens with one attached hydrogen (secondary N) is 2. The number of halogens is 1. The summed E-state index contributed by atoms with van der Waals surface area (Å²) in [4.78, 5) is 27.8. The number of benzene rings is 4. The Labute approximate surface area is 191 Å². The maximum atomic E-state index is 13.1. The zero-order chi connectivity index (χ0) is 23.4. The number of hydrogen-bond donors (Lipinski definition) is 2. The molecule has 0 aromatic heterocycles. The molecule has 0 aliphatic carbocycles. The Morgan fingerprint density at radius 1 is 0.818 bits per heavy atom. The van der Waals surface area contributed by atoms with E-state index >= 15 is 0 Å². The van der Waals surface area contributed by atoms with Crippen LogP contribution >= 0.6 is 0 Å². The topological polar surface area (TPSA) is 61.4 Å². The Balaban J connectivity index is 1.57. The van der Waals surface area contributed by atoms with E-state index in [0.717, 1.165) is 22.0 Å². The molecular weight excluding hydrogens is 417 g/mol. The molecule has 166 valence electrons. The highest BCUT2D eigenvalue weighted by Gasteiger charge is 2.16. The van der Waals surface area contributed by atoms with E-state index in [0.29, 0.717) is 16.8 Å². The van der Waals surface area contributed by atoms with Crippen molar-refractivity contribution in [3.8, 4) is 0 Å². The minimum Gasteiger partial charge on any atom is -0.377 e. The largest absolute Gasteiger partial charge is 0.377 e. The van der Waals surface area contributed by atoms with Crippen LogP contribution in [0.5, 0.6) is 0 Å². The van der Waals surface area contributed by atoms with Crippen LogP contribution in [0.2, 0.25) is 0 Å². The highest BCUT2D eigenvalue weighted by molar-refractivity contribution is 6.13. The van der Waals surface area contributed by atoms with Crippen molar-refractivity contribution >= 4 is 34.0 Å². The Kier molecular flexibility index (Phi) is 6.36. The van der Waals surface area contributed by atoms with Gasteiger partial charge in [-0.25, -0.2) is 4.39 Å². The predicted molar refractivity (Wildman–Crippen MR) is 130 cm³/mol. The lowest BCUT2D eigenvalue weighted by Crippen LogP contribution is -2.25. The maximum absolute atomic E-state index is 13.1. The molecule has 4 aromatic carbocycles. The number of fused-ring (bicyclic) bond motifs is 1. The van der Waals surface area contributed by atoms with Crippen molar-refractivity contribution in [1.29, 1.82) is 0 Å². The molecule has 2 amide bonds. The molecule has 0 aliphatic rings. The van der Waals surface area contributed by atoms with Crippen LogP contribution in [-0.2, 0) is 6.54 Å². The van der Waals surface area contributed by atoms with Crippen LogP contribution < -0.4 is 15.5 Å². The summed E-state index contributed by atoms with van der Waals surface area (Å²) in [5.41, 5.74) is 3.02. The second kappa shape index (κ2) is 9.53. The highest BCUT2D eigenvalue weighted by Crippen LogP contribution is 2.25. The van der Waals surface area contributed by atoms with Crippen LogP contribution in [0.25, 0.3) is 10.8 Å². The monoisotopic (exact) mass is 441 g/mol. The smallest absolute Gasteiger partial charge is 0.256 e. The van der Waals surface area contributed by atoms with E-state index in [9.17, 15) is 14.0 Å². The second-order valence-corrected chi connectivity index (χ2v) is 7.92. The third-order valence-corrected chi connectivity index (χ3v) is 5.38. The molecule has 5 nitrogen and oxygen atoms in total. The van der Waals surface area contributed by atoms with Gasteiger partial charge in [-0.05, 0) is 52.7 Å².